The Kier molecular flexibility index (Phi) is 2.68. The van der Waals surface area contributed by atoms with Crippen molar-refractivity contribution in [2.24, 2.45) is 0 Å². The number of rotatable bonds is 2. The van der Waals surface area contributed by atoms with Gasteiger partial charge in [0.15, 0.2) is 6.10 Å². The molecule has 3 nitrogen and oxygen atoms in total. The van der Waals surface area contributed by atoms with Crippen LogP contribution in [0.1, 0.15) is 11.0 Å². The van der Waals surface area contributed by atoms with Crippen molar-refractivity contribution in [3.05, 3.63) is 29.2 Å². The molecule has 0 heterocycles. The van der Waals surface area contributed by atoms with Crippen LogP contribution < -0.4 is 5.32 Å². The zero-order chi connectivity index (χ0) is 13.9. The lowest BCUT2D eigenvalue weighted by molar-refractivity contribution is 0.145. The Bertz CT molecular complexity index is 528. The molecule has 4 heteroatoms. The number of anilines is 1. The Hall–Kier alpha value is -1.66. The predicted octanol–water partition coefficient (Wildman–Crippen LogP) is 2.91. The highest BCUT2D eigenvalue weighted by Crippen LogP contribution is 2.15. The number of nitrogens with one attached hydrogen (secondary N) is 1. The monoisotopic (exact) mass is 226 g/mol. The van der Waals surface area contributed by atoms with Gasteiger partial charge in [-0.3, -0.25) is 5.32 Å². The van der Waals surface area contributed by atoms with Crippen LogP contribution in [-0.2, 0) is 4.74 Å². The zero-order valence-electron chi connectivity index (χ0n) is 10.9. The summed E-state index contributed by atoms with van der Waals surface area (Å²) in [5.41, 5.74) is -0.120. The van der Waals surface area contributed by atoms with E-state index < -0.39 is 12.2 Å². The summed E-state index contributed by atoms with van der Waals surface area (Å²) in [6.07, 6.45) is 3.44. The SMILES string of the molecule is [2H]c1cc([2H])c(NC(=O)OC(C)C#C)c([2H])c1Cl. The van der Waals surface area contributed by atoms with Crippen LogP contribution >= 0.6 is 11.6 Å². The summed E-state index contributed by atoms with van der Waals surface area (Å²) in [5.74, 6) is 2.20. The first-order valence-corrected chi connectivity index (χ1v) is 4.44. The molecule has 0 fully saturated rings. The topological polar surface area (TPSA) is 38.3 Å². The van der Waals surface area contributed by atoms with Crippen molar-refractivity contribution >= 4 is 23.4 Å². The van der Waals surface area contributed by atoms with Gasteiger partial charge in [0.05, 0.1) is 4.11 Å². The highest BCUT2D eigenvalue weighted by atomic mass is 35.5. The molecule has 0 bridgehead atoms. The quantitative estimate of drug-likeness (QED) is 0.788. The largest absolute Gasteiger partial charge is 0.433 e. The van der Waals surface area contributed by atoms with Gasteiger partial charge in [-0.25, -0.2) is 4.79 Å². The van der Waals surface area contributed by atoms with Crippen molar-refractivity contribution in [2.45, 2.75) is 13.0 Å². The normalized spacial score (nSPS) is 14.1. The van der Waals surface area contributed by atoms with Crippen molar-refractivity contribution in [2.75, 3.05) is 5.32 Å². The van der Waals surface area contributed by atoms with Gasteiger partial charge in [0.1, 0.15) is 0 Å². The Morgan fingerprint density at radius 2 is 2.53 bits per heavy atom. The minimum absolute atomic E-state index is 0.120. The van der Waals surface area contributed by atoms with Crippen molar-refractivity contribution in [3.63, 3.8) is 0 Å². The number of amides is 1. The lowest BCUT2D eigenvalue weighted by Gasteiger charge is -2.08. The van der Waals surface area contributed by atoms with Crippen LogP contribution in [0.2, 0.25) is 5.02 Å². The van der Waals surface area contributed by atoms with Gasteiger partial charge in [0, 0.05) is 10.7 Å². The van der Waals surface area contributed by atoms with E-state index in [-0.39, 0.29) is 28.8 Å². The van der Waals surface area contributed by atoms with Gasteiger partial charge in [-0.05, 0) is 25.1 Å². The lowest BCUT2D eigenvalue weighted by atomic mass is 10.3. The van der Waals surface area contributed by atoms with Crippen LogP contribution in [0.15, 0.2) is 24.2 Å². The molecule has 1 atom stereocenters. The summed E-state index contributed by atoms with van der Waals surface area (Å²) in [6.45, 7) is 1.50. The molecule has 1 aromatic carbocycles. The third-order valence-electron chi connectivity index (χ3n) is 1.40. The first-order valence-electron chi connectivity index (χ1n) is 5.56. The third-order valence-corrected chi connectivity index (χ3v) is 1.60. The van der Waals surface area contributed by atoms with E-state index >= 15 is 0 Å². The fourth-order valence-corrected chi connectivity index (χ4v) is 0.896. The van der Waals surface area contributed by atoms with Gasteiger partial charge in [-0.15, -0.1) is 6.42 Å². The Labute approximate surface area is 97.6 Å². The fraction of sp³-hybridized carbons (Fsp3) is 0.182. The second kappa shape index (κ2) is 5.28. The van der Waals surface area contributed by atoms with Gasteiger partial charge in [0.25, 0.3) is 0 Å². The fourth-order valence-electron chi connectivity index (χ4n) is 0.747. The average Bonchev–Trinajstić information content (AvgIpc) is 2.31. The summed E-state index contributed by atoms with van der Waals surface area (Å²) in [5, 5.41) is 2.07. The van der Waals surface area contributed by atoms with E-state index in [1.807, 2.05) is 0 Å². The second-order valence-corrected chi connectivity index (χ2v) is 2.96. The first kappa shape index (κ1) is 7.61. The van der Waals surface area contributed by atoms with Crippen molar-refractivity contribution in [1.82, 2.24) is 0 Å². The predicted molar refractivity (Wildman–Crippen MR) is 59.9 cm³/mol. The number of halogens is 1. The molecule has 78 valence electrons. The summed E-state index contributed by atoms with van der Waals surface area (Å²) >= 11 is 5.69. The number of hydrogen-bond donors (Lipinski definition) is 1. The molecule has 0 spiro atoms. The lowest BCUT2D eigenvalue weighted by Crippen LogP contribution is -2.18. The Morgan fingerprint density at radius 3 is 3.20 bits per heavy atom. The van der Waals surface area contributed by atoms with Gasteiger partial charge in [-0.1, -0.05) is 23.6 Å². The van der Waals surface area contributed by atoms with Crippen molar-refractivity contribution in [3.8, 4) is 12.3 Å². The van der Waals surface area contributed by atoms with Crippen LogP contribution in [0.4, 0.5) is 10.5 Å². The van der Waals surface area contributed by atoms with Crippen molar-refractivity contribution in [1.29, 1.82) is 0 Å². The van der Waals surface area contributed by atoms with Crippen molar-refractivity contribution < 1.29 is 13.6 Å². The van der Waals surface area contributed by atoms with Crippen LogP contribution in [0.5, 0.6) is 0 Å². The maximum Gasteiger partial charge on any atom is 0.412 e. The molecule has 0 radical (unpaired) electrons. The standard InChI is InChI=1S/C11H10ClNO2/c1-3-8(2)15-11(14)13-10-6-4-5-9(12)7-10/h1,4-8H,2H3,(H,13,14)/i5D,6D,7D. The van der Waals surface area contributed by atoms with E-state index in [4.69, 9.17) is 26.9 Å². The molecule has 1 amide bonds. The molecule has 0 saturated carbocycles. The molecule has 0 aliphatic heterocycles. The van der Waals surface area contributed by atoms with E-state index in [0.717, 1.165) is 6.07 Å². The van der Waals surface area contributed by atoms with Gasteiger partial charge >= 0.3 is 6.09 Å². The zero-order valence-corrected chi connectivity index (χ0v) is 8.68. The minimum atomic E-state index is -0.878. The third kappa shape index (κ3) is 3.92. The molecule has 1 aromatic rings. The molecule has 15 heavy (non-hydrogen) atoms. The van der Waals surface area contributed by atoms with Crippen LogP contribution in [0, 0.1) is 12.3 Å². The minimum Gasteiger partial charge on any atom is -0.433 e. The van der Waals surface area contributed by atoms with E-state index in [9.17, 15) is 4.79 Å². The van der Waals surface area contributed by atoms with E-state index in [0.29, 0.717) is 0 Å². The Balaban J connectivity index is 2.96. The highest BCUT2D eigenvalue weighted by Gasteiger charge is 2.06. The molecular weight excluding hydrogens is 214 g/mol. The molecule has 0 aromatic heterocycles. The van der Waals surface area contributed by atoms with Crippen LogP contribution in [0.3, 0.4) is 0 Å². The number of hydrogen-bond acceptors (Lipinski definition) is 2. The maximum absolute atomic E-state index is 11.4. The summed E-state index contributed by atoms with van der Waals surface area (Å²) in [4.78, 5) is 11.4. The molecular formula is C11H10ClNO2. The first-order chi connectivity index (χ1) is 8.36. The summed E-state index contributed by atoms with van der Waals surface area (Å²) in [7, 11) is 0. The maximum atomic E-state index is 11.4. The van der Waals surface area contributed by atoms with Crippen LogP contribution in [-0.4, -0.2) is 12.2 Å². The van der Waals surface area contributed by atoms with Crippen LogP contribution in [0.25, 0.3) is 0 Å². The molecule has 0 saturated heterocycles. The number of ether oxygens (including phenoxy) is 1. The molecule has 0 aliphatic rings. The summed E-state index contributed by atoms with van der Waals surface area (Å²) in [6, 6.07) is 0.474. The number of carbonyl (C=O) groups is 1. The number of carbonyl (C=O) groups excluding carboxylic acids is 1. The van der Waals surface area contributed by atoms with Gasteiger partial charge in [0.2, 0.25) is 0 Å². The van der Waals surface area contributed by atoms with E-state index in [1.54, 1.807) is 0 Å². The average molecular weight is 227 g/mol. The van der Waals surface area contributed by atoms with Gasteiger partial charge < -0.3 is 4.74 Å². The smallest absolute Gasteiger partial charge is 0.412 e. The summed E-state index contributed by atoms with van der Waals surface area (Å²) < 4.78 is 27.3. The number of benzene rings is 1. The van der Waals surface area contributed by atoms with E-state index in [2.05, 4.69) is 11.2 Å². The molecule has 0 aliphatic carbocycles. The molecule has 1 rings (SSSR count). The highest BCUT2D eigenvalue weighted by molar-refractivity contribution is 6.30. The van der Waals surface area contributed by atoms with Gasteiger partial charge in [-0.2, -0.15) is 0 Å². The van der Waals surface area contributed by atoms with E-state index in [1.165, 1.54) is 6.92 Å². The second-order valence-electron chi connectivity index (χ2n) is 2.59. The molecule has 1 N–H and O–H groups in total. The molecule has 1 unspecified atom stereocenters. The Morgan fingerprint density at radius 1 is 1.80 bits per heavy atom. The number of terminal acetylenes is 1.